The fourth-order valence-corrected chi connectivity index (χ4v) is 1.70. The van der Waals surface area contributed by atoms with Crippen LogP contribution < -0.4 is 5.32 Å². The number of hydrogen-bond donors (Lipinski definition) is 1. The van der Waals surface area contributed by atoms with E-state index in [2.05, 4.69) is 19.2 Å². The Labute approximate surface area is 97.0 Å². The molecule has 1 aliphatic rings. The Kier molecular flexibility index (Phi) is 4.96. The number of carbonyl (C=O) groups is 1. The van der Waals surface area contributed by atoms with Crippen molar-refractivity contribution in [1.82, 2.24) is 5.32 Å². The Balaban J connectivity index is 2.27. The molecular formula is C12H21NO3. The van der Waals surface area contributed by atoms with Gasteiger partial charge in [0.05, 0.1) is 12.7 Å². The van der Waals surface area contributed by atoms with Gasteiger partial charge in [0.1, 0.15) is 0 Å². The molecule has 0 radical (unpaired) electrons. The summed E-state index contributed by atoms with van der Waals surface area (Å²) >= 11 is 0. The Bertz CT molecular complexity index is 265. The van der Waals surface area contributed by atoms with Crippen molar-refractivity contribution < 1.29 is 14.3 Å². The molecule has 92 valence electrons. The van der Waals surface area contributed by atoms with E-state index in [4.69, 9.17) is 9.47 Å². The van der Waals surface area contributed by atoms with Crippen molar-refractivity contribution in [2.75, 3.05) is 19.8 Å². The predicted octanol–water partition coefficient (Wildman–Crippen LogP) is 1.26. The van der Waals surface area contributed by atoms with Gasteiger partial charge in [-0.2, -0.15) is 0 Å². The van der Waals surface area contributed by atoms with Crippen LogP contribution in [0, 0.1) is 0 Å². The van der Waals surface area contributed by atoms with Gasteiger partial charge in [-0.15, -0.1) is 0 Å². The van der Waals surface area contributed by atoms with E-state index < -0.39 is 0 Å². The predicted molar refractivity (Wildman–Crippen MR) is 62.2 cm³/mol. The molecule has 1 saturated heterocycles. The molecule has 16 heavy (non-hydrogen) atoms. The normalized spacial score (nSPS) is 29.8. The minimum atomic E-state index is -0.287. The number of carbonyl (C=O) groups excluding carboxylic acids is 1. The molecule has 0 saturated carbocycles. The average Bonchev–Trinajstić information content (AvgIpc) is 2.55. The molecule has 4 nitrogen and oxygen atoms in total. The van der Waals surface area contributed by atoms with Gasteiger partial charge in [-0.1, -0.05) is 6.08 Å². The van der Waals surface area contributed by atoms with Gasteiger partial charge >= 0.3 is 5.97 Å². The second-order valence-corrected chi connectivity index (χ2v) is 4.22. The summed E-state index contributed by atoms with van der Waals surface area (Å²) < 4.78 is 10.3. The zero-order chi connectivity index (χ0) is 12.0. The molecule has 0 amide bonds. The summed E-state index contributed by atoms with van der Waals surface area (Å²) in [6.07, 6.45) is 4.46. The summed E-state index contributed by atoms with van der Waals surface area (Å²) in [5, 5.41) is 3.39. The Morgan fingerprint density at radius 2 is 2.44 bits per heavy atom. The minimum absolute atomic E-state index is 0.0129. The van der Waals surface area contributed by atoms with Crippen LogP contribution in [0.3, 0.4) is 0 Å². The van der Waals surface area contributed by atoms with Gasteiger partial charge in [-0.3, -0.25) is 0 Å². The molecule has 1 aliphatic heterocycles. The Morgan fingerprint density at radius 1 is 1.69 bits per heavy atom. The molecule has 4 heteroatoms. The van der Waals surface area contributed by atoms with Crippen molar-refractivity contribution in [2.24, 2.45) is 0 Å². The van der Waals surface area contributed by atoms with Crippen LogP contribution >= 0.6 is 0 Å². The minimum Gasteiger partial charge on any atom is -0.463 e. The van der Waals surface area contributed by atoms with Crippen LogP contribution in [0.15, 0.2) is 12.2 Å². The quantitative estimate of drug-likeness (QED) is 0.567. The summed E-state index contributed by atoms with van der Waals surface area (Å²) in [6, 6.07) is 0. The van der Waals surface area contributed by atoms with Crippen molar-refractivity contribution in [3.8, 4) is 0 Å². The maximum absolute atomic E-state index is 11.0. The molecule has 0 aromatic heterocycles. The first-order chi connectivity index (χ1) is 7.58. The van der Waals surface area contributed by atoms with E-state index in [0.29, 0.717) is 13.2 Å². The smallest absolute Gasteiger partial charge is 0.330 e. The second kappa shape index (κ2) is 6.01. The maximum atomic E-state index is 11.0. The molecule has 0 spiro atoms. The van der Waals surface area contributed by atoms with Crippen LogP contribution in [0.2, 0.25) is 0 Å². The molecule has 0 aromatic rings. The molecule has 0 aliphatic carbocycles. The SMILES string of the molecule is CCOC(=O)/C=C/CNC1(C)CCOC1C. The third kappa shape index (κ3) is 3.61. The largest absolute Gasteiger partial charge is 0.463 e. The lowest BCUT2D eigenvalue weighted by Gasteiger charge is -2.28. The van der Waals surface area contributed by atoms with Gasteiger partial charge in [0.25, 0.3) is 0 Å². The standard InChI is InChI=1S/C12H21NO3/c1-4-15-11(14)6-5-8-13-12(3)7-9-16-10(12)2/h5-6,10,13H,4,7-9H2,1-3H3/b6-5+. The van der Waals surface area contributed by atoms with Crippen molar-refractivity contribution in [3.63, 3.8) is 0 Å². The highest BCUT2D eigenvalue weighted by Gasteiger charge is 2.35. The third-order valence-electron chi connectivity index (χ3n) is 3.05. The summed E-state index contributed by atoms with van der Waals surface area (Å²) in [7, 11) is 0. The number of ether oxygens (including phenoxy) is 2. The summed E-state index contributed by atoms with van der Waals surface area (Å²) in [4.78, 5) is 11.0. The molecular weight excluding hydrogens is 206 g/mol. The summed E-state index contributed by atoms with van der Waals surface area (Å²) in [5.41, 5.74) is 0.0129. The van der Waals surface area contributed by atoms with Crippen LogP contribution in [-0.4, -0.2) is 37.4 Å². The first kappa shape index (κ1) is 13.2. The van der Waals surface area contributed by atoms with Gasteiger partial charge in [0, 0.05) is 24.8 Å². The zero-order valence-electron chi connectivity index (χ0n) is 10.3. The monoisotopic (exact) mass is 227 g/mol. The van der Waals surface area contributed by atoms with E-state index in [1.165, 1.54) is 6.08 Å². The third-order valence-corrected chi connectivity index (χ3v) is 3.05. The molecule has 1 rings (SSSR count). The first-order valence-electron chi connectivity index (χ1n) is 5.78. The van der Waals surface area contributed by atoms with Crippen molar-refractivity contribution in [1.29, 1.82) is 0 Å². The molecule has 1 N–H and O–H groups in total. The number of rotatable bonds is 5. The lowest BCUT2D eigenvalue weighted by Crippen LogP contribution is -2.47. The van der Waals surface area contributed by atoms with Crippen LogP contribution in [0.25, 0.3) is 0 Å². The van der Waals surface area contributed by atoms with Crippen LogP contribution in [0.5, 0.6) is 0 Å². The van der Waals surface area contributed by atoms with E-state index in [1.807, 2.05) is 0 Å². The highest BCUT2D eigenvalue weighted by atomic mass is 16.5. The lowest BCUT2D eigenvalue weighted by molar-refractivity contribution is -0.137. The molecule has 2 unspecified atom stereocenters. The number of nitrogens with one attached hydrogen (secondary N) is 1. The van der Waals surface area contributed by atoms with Crippen LogP contribution in [0.4, 0.5) is 0 Å². The molecule has 0 bridgehead atoms. The lowest BCUT2D eigenvalue weighted by atomic mass is 9.95. The second-order valence-electron chi connectivity index (χ2n) is 4.22. The topological polar surface area (TPSA) is 47.6 Å². The molecule has 1 heterocycles. The van der Waals surface area contributed by atoms with Gasteiger partial charge in [-0.25, -0.2) is 4.79 Å². The van der Waals surface area contributed by atoms with E-state index in [-0.39, 0.29) is 17.6 Å². The molecule has 0 aromatic carbocycles. The van der Waals surface area contributed by atoms with E-state index in [1.54, 1.807) is 13.0 Å². The van der Waals surface area contributed by atoms with Gasteiger partial charge in [0.15, 0.2) is 0 Å². The van der Waals surface area contributed by atoms with E-state index >= 15 is 0 Å². The van der Waals surface area contributed by atoms with Crippen LogP contribution in [-0.2, 0) is 14.3 Å². The molecule has 1 fully saturated rings. The summed E-state index contributed by atoms with van der Waals surface area (Å²) in [5.74, 6) is -0.287. The average molecular weight is 227 g/mol. The fraction of sp³-hybridized carbons (Fsp3) is 0.750. The van der Waals surface area contributed by atoms with Crippen molar-refractivity contribution >= 4 is 5.97 Å². The first-order valence-corrected chi connectivity index (χ1v) is 5.78. The zero-order valence-corrected chi connectivity index (χ0v) is 10.3. The maximum Gasteiger partial charge on any atom is 0.330 e. The van der Waals surface area contributed by atoms with E-state index in [0.717, 1.165) is 13.0 Å². The Morgan fingerprint density at radius 3 is 3.00 bits per heavy atom. The van der Waals surface area contributed by atoms with Crippen molar-refractivity contribution in [3.05, 3.63) is 12.2 Å². The van der Waals surface area contributed by atoms with Gasteiger partial charge in [0.2, 0.25) is 0 Å². The molecule has 2 atom stereocenters. The Hall–Kier alpha value is -0.870. The number of esters is 1. The fourth-order valence-electron chi connectivity index (χ4n) is 1.70. The van der Waals surface area contributed by atoms with Gasteiger partial charge < -0.3 is 14.8 Å². The van der Waals surface area contributed by atoms with E-state index in [9.17, 15) is 4.79 Å². The van der Waals surface area contributed by atoms with Gasteiger partial charge in [-0.05, 0) is 27.2 Å². The van der Waals surface area contributed by atoms with Crippen molar-refractivity contribution in [2.45, 2.75) is 38.8 Å². The number of hydrogen-bond acceptors (Lipinski definition) is 4. The van der Waals surface area contributed by atoms with Crippen LogP contribution in [0.1, 0.15) is 27.2 Å². The highest BCUT2D eigenvalue weighted by molar-refractivity contribution is 5.81. The summed E-state index contributed by atoms with van der Waals surface area (Å²) in [6.45, 7) is 7.87. The highest BCUT2D eigenvalue weighted by Crippen LogP contribution is 2.24.